The molecule has 0 aromatic heterocycles. The quantitative estimate of drug-likeness (QED) is 0.0788. The van der Waals surface area contributed by atoms with Gasteiger partial charge in [-0.25, -0.2) is 9.59 Å². The van der Waals surface area contributed by atoms with Gasteiger partial charge in [0.25, 0.3) is 0 Å². The van der Waals surface area contributed by atoms with Crippen molar-refractivity contribution in [2.75, 3.05) is 38.3 Å². The summed E-state index contributed by atoms with van der Waals surface area (Å²) in [5.41, 5.74) is 3.48. The van der Waals surface area contributed by atoms with Gasteiger partial charge in [0.1, 0.15) is 23.9 Å². The van der Waals surface area contributed by atoms with Crippen LogP contribution in [-0.4, -0.2) is 102 Å². The number of nitrogens with one attached hydrogen (secondary N) is 1. The molecular weight excluding hydrogens is 961 g/mol. The predicted molar refractivity (Wildman–Crippen MR) is 291 cm³/mol. The van der Waals surface area contributed by atoms with Crippen molar-refractivity contribution in [1.82, 2.24) is 5.32 Å². The Labute approximate surface area is 453 Å². The number of likely N-dealkylation sites (N-methyl/N-ethyl adjacent to an activating group) is 1. The zero-order chi connectivity index (χ0) is 54.8. The van der Waals surface area contributed by atoms with Crippen molar-refractivity contribution in [3.63, 3.8) is 0 Å². The number of ketones is 1. The fraction of sp³-hybridized carbons (Fsp3) is 0.746. The van der Waals surface area contributed by atoms with Gasteiger partial charge in [-0.2, -0.15) is 0 Å². The van der Waals surface area contributed by atoms with Gasteiger partial charge in [0.15, 0.2) is 5.78 Å². The van der Waals surface area contributed by atoms with Crippen molar-refractivity contribution in [3.05, 3.63) is 52.6 Å². The fourth-order valence-electron chi connectivity index (χ4n) is 17.8. The molecule has 76 heavy (non-hydrogen) atoms. The van der Waals surface area contributed by atoms with E-state index < -0.39 is 52.6 Å². The Bertz CT molecular complexity index is 2500. The highest BCUT2D eigenvalue weighted by Crippen LogP contribution is 2.70. The molecule has 0 heterocycles. The summed E-state index contributed by atoms with van der Waals surface area (Å²) in [5.74, 6) is 7.24. The summed E-state index contributed by atoms with van der Waals surface area (Å²) in [4.78, 5) is 52.5. The van der Waals surface area contributed by atoms with Crippen LogP contribution in [0.2, 0.25) is 0 Å². The number of carbonyl (C=O) groups excluding carboxylic acids is 3. The van der Waals surface area contributed by atoms with Crippen LogP contribution >= 0.6 is 0 Å². The molecule has 0 radical (unpaired) electrons. The third-order valence-electron chi connectivity index (χ3n) is 21.7. The molecular formula is C63H90N2O11. The summed E-state index contributed by atoms with van der Waals surface area (Å²) in [6.07, 6.45) is 11.6. The van der Waals surface area contributed by atoms with E-state index in [1.54, 1.807) is 20.8 Å². The number of nitrogens with zero attached hydrogens (tertiary/aromatic N) is 1. The molecule has 6 saturated carbocycles. The lowest BCUT2D eigenvalue weighted by Gasteiger charge is -2.64. The fourth-order valence-corrected chi connectivity index (χ4v) is 17.8. The number of ether oxygens (including phenoxy) is 4. The molecule has 1 amide bonds. The number of hydrogen-bond donors (Lipinski definition) is 4. The Kier molecular flexibility index (Phi) is 15.8. The largest absolute Gasteiger partial charge is 0.508 e. The molecule has 9 rings (SSSR count). The Morgan fingerprint density at radius 1 is 0.921 bits per heavy atom. The van der Waals surface area contributed by atoms with Crippen LogP contribution in [0, 0.1) is 75.4 Å². The van der Waals surface area contributed by atoms with E-state index in [0.29, 0.717) is 57.1 Å². The number of aliphatic carboxylic acids is 1. The molecule has 8 aliphatic carbocycles. The highest BCUT2D eigenvalue weighted by Gasteiger charge is 2.68. The zero-order valence-electron chi connectivity index (χ0n) is 47.4. The predicted octanol–water partition coefficient (Wildman–Crippen LogP) is 11.3. The smallest absolute Gasteiger partial charge is 0.481 e. The van der Waals surface area contributed by atoms with Crippen LogP contribution in [0.25, 0.3) is 0 Å². The van der Waals surface area contributed by atoms with E-state index in [1.165, 1.54) is 22.3 Å². The van der Waals surface area contributed by atoms with Crippen LogP contribution in [0.3, 0.4) is 0 Å². The van der Waals surface area contributed by atoms with E-state index in [4.69, 9.17) is 18.9 Å². The zero-order valence-corrected chi connectivity index (χ0v) is 47.4. The summed E-state index contributed by atoms with van der Waals surface area (Å²) < 4.78 is 24.3. The van der Waals surface area contributed by atoms with Crippen molar-refractivity contribution >= 4 is 29.7 Å². The molecule has 2 unspecified atom stereocenters. The van der Waals surface area contributed by atoms with E-state index in [0.717, 1.165) is 69.9 Å². The van der Waals surface area contributed by atoms with Crippen LogP contribution in [0.5, 0.6) is 0 Å². The van der Waals surface area contributed by atoms with Crippen LogP contribution in [0.15, 0.2) is 47.1 Å². The van der Waals surface area contributed by atoms with Crippen LogP contribution in [0.4, 0.5) is 15.3 Å². The normalized spacial score (nSPS) is 38.8. The van der Waals surface area contributed by atoms with Crippen molar-refractivity contribution in [1.29, 1.82) is 0 Å². The number of alkyl carbamates (subject to hydrolysis) is 1. The number of carboxylic acids is 1. The second kappa shape index (κ2) is 21.3. The lowest BCUT2D eigenvalue weighted by molar-refractivity contribution is -0.220. The Balaban J connectivity index is 0.882. The number of amides is 1. The number of anilines is 1. The average molecular weight is 1050 g/mol. The first-order valence-electron chi connectivity index (χ1n) is 29.1. The molecule has 0 bridgehead atoms. The summed E-state index contributed by atoms with van der Waals surface area (Å²) in [5, 5.41) is 36.8. The van der Waals surface area contributed by atoms with Gasteiger partial charge in [-0.15, -0.1) is 5.92 Å². The van der Waals surface area contributed by atoms with E-state index in [9.17, 15) is 34.5 Å². The highest BCUT2D eigenvalue weighted by atomic mass is 16.7. The van der Waals surface area contributed by atoms with Crippen molar-refractivity contribution < 1.29 is 53.4 Å². The monoisotopic (exact) mass is 1050 g/mol. The standard InChI is InChI=1S/C63H90N2O11/c1-11-25-63(72)26-24-48-45-19-15-40-33-43(66)18-20-44(40)54(45)46(37-61(48,63)8)39-13-16-42(17-14-39)65(10)30-32-74-59(6)27-28-60(7)41(36-59)34-51(75-57(71)73-31-29-64-56(70)76-58(3,4)5)55-49-22-21-47(38(2)12-23-53(68)69)62(49,9)52(67)35-50(55)60/h13-14,16-17,33,38,41,45-52,55,67,72H,12,15,18-24,26-32,34-37H2,1-10H3,(H,64,70)(H,68,69)/t38-,41-,45?,46+,47-,48?,49+,50+,51-,52+,55+,59+,60+,61+,62-,63-/m1/s1. The summed E-state index contributed by atoms with van der Waals surface area (Å²) in [6.45, 7) is 19.7. The maximum atomic E-state index is 13.7. The van der Waals surface area contributed by atoms with E-state index >= 15 is 0 Å². The van der Waals surface area contributed by atoms with E-state index in [2.05, 4.69) is 88.0 Å². The number of aliphatic hydroxyl groups is 2. The van der Waals surface area contributed by atoms with Gasteiger partial charge in [-0.3, -0.25) is 9.59 Å². The first-order chi connectivity index (χ1) is 35.8. The number of rotatable bonds is 14. The number of aliphatic hydroxyl groups excluding tert-OH is 1. The molecule has 418 valence electrons. The van der Waals surface area contributed by atoms with Gasteiger partial charge in [-0.1, -0.05) is 51.3 Å². The van der Waals surface area contributed by atoms with E-state index in [1.807, 2.05) is 13.0 Å². The Hall–Kier alpha value is -4.38. The first-order valence-corrected chi connectivity index (χ1v) is 29.1. The van der Waals surface area contributed by atoms with Crippen LogP contribution < -0.4 is 10.2 Å². The number of allylic oxidation sites excluding steroid dienone is 4. The minimum absolute atomic E-state index is 0.00261. The Morgan fingerprint density at radius 3 is 2.38 bits per heavy atom. The molecule has 8 aliphatic rings. The average Bonchev–Trinajstić information content (AvgIpc) is 3.86. The minimum Gasteiger partial charge on any atom is -0.481 e. The summed E-state index contributed by atoms with van der Waals surface area (Å²) in [7, 11) is 2.11. The van der Waals surface area contributed by atoms with Gasteiger partial charge in [0.2, 0.25) is 0 Å². The molecule has 13 nitrogen and oxygen atoms in total. The molecule has 0 aliphatic heterocycles. The summed E-state index contributed by atoms with van der Waals surface area (Å²) in [6, 6.07) is 9.01. The van der Waals surface area contributed by atoms with Gasteiger partial charge in [-0.05, 0) is 212 Å². The molecule has 13 heteroatoms. The number of fused-ring (bicyclic) bond motifs is 9. The lowest BCUT2D eigenvalue weighted by atomic mass is 9.42. The second-order valence-corrected chi connectivity index (χ2v) is 26.9. The third-order valence-corrected chi connectivity index (χ3v) is 21.7. The second-order valence-electron chi connectivity index (χ2n) is 26.9. The van der Waals surface area contributed by atoms with E-state index in [-0.39, 0.29) is 77.6 Å². The highest BCUT2D eigenvalue weighted by molar-refractivity contribution is 5.93. The number of carboxylic acid groups (broad SMARTS) is 1. The molecule has 16 atom stereocenters. The molecule has 0 spiro atoms. The van der Waals surface area contributed by atoms with Gasteiger partial charge in [0, 0.05) is 49.4 Å². The lowest BCUT2D eigenvalue weighted by Crippen LogP contribution is -2.63. The van der Waals surface area contributed by atoms with Gasteiger partial charge < -0.3 is 44.5 Å². The molecule has 4 N–H and O–H groups in total. The minimum atomic E-state index is -1.02. The molecule has 1 aromatic carbocycles. The number of hydrogen-bond acceptors (Lipinski definition) is 11. The van der Waals surface area contributed by atoms with Crippen molar-refractivity contribution in [2.45, 2.75) is 200 Å². The molecule has 0 saturated heterocycles. The van der Waals surface area contributed by atoms with Crippen LogP contribution in [-0.2, 0) is 28.5 Å². The maximum absolute atomic E-state index is 13.7. The Morgan fingerprint density at radius 2 is 1.67 bits per heavy atom. The SMILES string of the molecule is CC#C[C@@]1(O)CCC2C3CCC4=CC(=O)CCC4=C3[C@H](c3ccc(N(C)CCO[C@@]4(C)CC[C@@]5(C)[C@H](C[C@@H](OC(=O)OCCNC(=O)OC(C)(C)C)[C@@H]6[C@@H]5C[C@H](O)[C@]5(C)[C@@H]([C@H](C)CCC(=O)O)CC[C@@H]65)C4)cc3)C[C@@]21C. The van der Waals surface area contributed by atoms with Gasteiger partial charge >= 0.3 is 18.2 Å². The van der Waals surface area contributed by atoms with Crippen LogP contribution in [0.1, 0.15) is 177 Å². The van der Waals surface area contributed by atoms with Crippen molar-refractivity contribution in [3.8, 4) is 11.8 Å². The molecule has 1 aromatic rings. The first kappa shape index (κ1) is 56.3. The topological polar surface area (TPSA) is 181 Å². The molecule has 6 fully saturated rings. The summed E-state index contributed by atoms with van der Waals surface area (Å²) >= 11 is 0. The number of benzene rings is 1. The third kappa shape index (κ3) is 10.5. The maximum Gasteiger partial charge on any atom is 0.508 e. The number of carbonyl (C=O) groups is 4. The van der Waals surface area contributed by atoms with Crippen molar-refractivity contribution in [2.24, 2.45) is 63.6 Å². The van der Waals surface area contributed by atoms with Gasteiger partial charge in [0.05, 0.1) is 24.9 Å².